The van der Waals surface area contributed by atoms with E-state index in [9.17, 15) is 8.78 Å². The highest BCUT2D eigenvalue weighted by molar-refractivity contribution is 6.33. The molecule has 0 radical (unpaired) electrons. The van der Waals surface area contributed by atoms with Crippen LogP contribution in [0.1, 0.15) is 18.4 Å². The van der Waals surface area contributed by atoms with Gasteiger partial charge in [-0.05, 0) is 62.2 Å². The van der Waals surface area contributed by atoms with Gasteiger partial charge in [-0.2, -0.15) is 4.98 Å². The molecule has 2 aromatic heterocycles. The first-order chi connectivity index (χ1) is 16.1. The largest absolute Gasteiger partial charge is 0.350 e. The summed E-state index contributed by atoms with van der Waals surface area (Å²) in [6.07, 6.45) is 3.88. The molecule has 6 nitrogen and oxygen atoms in total. The van der Waals surface area contributed by atoms with Gasteiger partial charge in [0.1, 0.15) is 23.0 Å². The minimum Gasteiger partial charge on any atom is -0.350 e. The maximum atomic E-state index is 14.0. The number of nitrogens with zero attached hydrogens (tertiary/aromatic N) is 4. The van der Waals surface area contributed by atoms with Crippen molar-refractivity contribution in [3.8, 4) is 11.4 Å². The number of hydrogen-bond donors (Lipinski definition) is 2. The fraction of sp³-hybridized carbons (Fsp3) is 0.292. The lowest BCUT2D eigenvalue weighted by Gasteiger charge is -2.24. The number of nitrogens with one attached hydrogen (secondary N) is 2. The number of hydrogen-bond acceptors (Lipinski definition) is 5. The molecule has 1 saturated heterocycles. The molecule has 0 unspecified atom stereocenters. The van der Waals surface area contributed by atoms with E-state index in [1.165, 1.54) is 0 Å². The molecule has 2 N–H and O–H groups in total. The molecular weight excluding hydrogens is 446 g/mol. The third-order valence-corrected chi connectivity index (χ3v) is 6.22. The standard InChI is InChI=1S/C24H23ClF2N6/c25-19-6-2-1-5-18(19)22-31-21-13-30-24(29-12-16-10-17(26)7-8-20(16)27)32-23(21)33(22)14-15-4-3-9-28-11-15/h1-2,5-8,10,13,15,28H,3-4,9,11-12,14H2,(H,29,30,32)/t15-/m1/s1. The molecule has 9 heteroatoms. The molecule has 0 aliphatic carbocycles. The minimum atomic E-state index is -0.492. The summed E-state index contributed by atoms with van der Waals surface area (Å²) in [6, 6.07) is 11.0. The van der Waals surface area contributed by atoms with Crippen molar-refractivity contribution in [3.63, 3.8) is 0 Å². The Balaban J connectivity index is 1.51. The van der Waals surface area contributed by atoms with Gasteiger partial charge in [0, 0.05) is 24.2 Å². The van der Waals surface area contributed by atoms with Crippen LogP contribution in [0, 0.1) is 17.6 Å². The molecule has 1 fully saturated rings. The van der Waals surface area contributed by atoms with Crippen LogP contribution in [0.2, 0.25) is 5.02 Å². The van der Waals surface area contributed by atoms with E-state index in [0.717, 1.165) is 62.1 Å². The number of halogens is 3. The molecule has 0 amide bonds. The van der Waals surface area contributed by atoms with E-state index in [1.807, 2.05) is 24.3 Å². The predicted molar refractivity (Wildman–Crippen MR) is 125 cm³/mol. The highest BCUT2D eigenvalue weighted by Gasteiger charge is 2.21. The molecule has 0 bridgehead atoms. The van der Waals surface area contributed by atoms with Gasteiger partial charge in [0.25, 0.3) is 0 Å². The number of aromatic nitrogens is 4. The van der Waals surface area contributed by atoms with E-state index in [4.69, 9.17) is 16.6 Å². The second-order valence-corrected chi connectivity index (χ2v) is 8.64. The normalized spacial score (nSPS) is 16.3. The number of benzene rings is 2. The highest BCUT2D eigenvalue weighted by Crippen LogP contribution is 2.31. The first-order valence-electron chi connectivity index (χ1n) is 10.9. The SMILES string of the molecule is Fc1ccc(F)c(CNc2ncc3nc(-c4ccccc4Cl)n(C[C@@H]4CCCNC4)c3n2)c1. The van der Waals surface area contributed by atoms with Crippen molar-refractivity contribution in [2.75, 3.05) is 18.4 Å². The Labute approximate surface area is 195 Å². The van der Waals surface area contributed by atoms with E-state index in [0.29, 0.717) is 28.1 Å². The number of piperidine rings is 1. The van der Waals surface area contributed by atoms with Crippen molar-refractivity contribution in [2.24, 2.45) is 5.92 Å². The Morgan fingerprint density at radius 1 is 1.15 bits per heavy atom. The predicted octanol–water partition coefficient (Wildman–Crippen LogP) is 5.04. The van der Waals surface area contributed by atoms with Gasteiger partial charge in [-0.15, -0.1) is 0 Å². The average Bonchev–Trinajstić information content (AvgIpc) is 3.18. The maximum absolute atomic E-state index is 14.0. The lowest BCUT2D eigenvalue weighted by atomic mass is 9.99. The van der Waals surface area contributed by atoms with Crippen LogP contribution < -0.4 is 10.6 Å². The summed E-state index contributed by atoms with van der Waals surface area (Å²) in [5.74, 6) is 0.516. The quantitative estimate of drug-likeness (QED) is 0.415. The monoisotopic (exact) mass is 468 g/mol. The first kappa shape index (κ1) is 21.7. The van der Waals surface area contributed by atoms with E-state index in [1.54, 1.807) is 6.20 Å². The van der Waals surface area contributed by atoms with Crippen LogP contribution in [0.5, 0.6) is 0 Å². The van der Waals surface area contributed by atoms with Crippen molar-refractivity contribution in [1.82, 2.24) is 24.8 Å². The molecule has 3 heterocycles. The molecular formula is C24H23ClF2N6. The Morgan fingerprint density at radius 2 is 2.03 bits per heavy atom. The van der Waals surface area contributed by atoms with Crippen LogP contribution in [0.3, 0.4) is 0 Å². The van der Waals surface area contributed by atoms with E-state index < -0.39 is 11.6 Å². The van der Waals surface area contributed by atoms with E-state index in [2.05, 4.69) is 25.2 Å². The Hall–Kier alpha value is -3.10. The Bertz CT molecular complexity index is 1290. The summed E-state index contributed by atoms with van der Waals surface area (Å²) in [6.45, 7) is 2.76. The van der Waals surface area contributed by atoms with Gasteiger partial charge in [-0.3, -0.25) is 0 Å². The lowest BCUT2D eigenvalue weighted by Crippen LogP contribution is -2.32. The summed E-state index contributed by atoms with van der Waals surface area (Å²) in [5.41, 5.74) is 2.36. The number of fused-ring (bicyclic) bond motifs is 1. The van der Waals surface area contributed by atoms with Crippen LogP contribution >= 0.6 is 11.6 Å². The smallest absolute Gasteiger partial charge is 0.225 e. The topological polar surface area (TPSA) is 67.7 Å². The van der Waals surface area contributed by atoms with Crippen LogP contribution in [0.25, 0.3) is 22.6 Å². The molecule has 2 aromatic carbocycles. The zero-order chi connectivity index (χ0) is 22.8. The zero-order valence-electron chi connectivity index (χ0n) is 17.9. The van der Waals surface area contributed by atoms with Gasteiger partial charge in [-0.25, -0.2) is 18.7 Å². The molecule has 0 saturated carbocycles. The molecule has 1 aliphatic heterocycles. The van der Waals surface area contributed by atoms with Crippen LogP contribution in [0.15, 0.2) is 48.7 Å². The van der Waals surface area contributed by atoms with Crippen LogP contribution in [-0.2, 0) is 13.1 Å². The third-order valence-electron chi connectivity index (χ3n) is 5.89. The minimum absolute atomic E-state index is 0.0627. The molecule has 1 atom stereocenters. The van der Waals surface area contributed by atoms with Crippen LogP contribution in [0.4, 0.5) is 14.7 Å². The number of rotatable bonds is 6. The second kappa shape index (κ2) is 9.41. The van der Waals surface area contributed by atoms with Crippen molar-refractivity contribution >= 4 is 28.7 Å². The van der Waals surface area contributed by atoms with Gasteiger partial charge in [-0.1, -0.05) is 23.7 Å². The van der Waals surface area contributed by atoms with Gasteiger partial charge in [0.15, 0.2) is 5.65 Å². The van der Waals surface area contributed by atoms with Crippen molar-refractivity contribution in [3.05, 3.63) is 70.9 Å². The first-order valence-corrected chi connectivity index (χ1v) is 11.3. The molecule has 0 spiro atoms. The summed E-state index contributed by atoms with van der Waals surface area (Å²) in [7, 11) is 0. The fourth-order valence-electron chi connectivity index (χ4n) is 4.22. The highest BCUT2D eigenvalue weighted by atomic mass is 35.5. The van der Waals surface area contributed by atoms with Gasteiger partial charge in [0.05, 0.1) is 11.2 Å². The third kappa shape index (κ3) is 4.67. The summed E-state index contributed by atoms with van der Waals surface area (Å²) >= 11 is 6.50. The van der Waals surface area contributed by atoms with Gasteiger partial charge < -0.3 is 15.2 Å². The zero-order valence-corrected chi connectivity index (χ0v) is 18.6. The molecule has 5 rings (SSSR count). The summed E-state index contributed by atoms with van der Waals surface area (Å²) in [4.78, 5) is 13.8. The Kier molecular flexibility index (Phi) is 6.20. The number of anilines is 1. The number of imidazole rings is 1. The van der Waals surface area contributed by atoms with Gasteiger partial charge >= 0.3 is 0 Å². The maximum Gasteiger partial charge on any atom is 0.225 e. The van der Waals surface area contributed by atoms with Crippen LogP contribution in [-0.4, -0.2) is 32.6 Å². The summed E-state index contributed by atoms with van der Waals surface area (Å²) in [5, 5.41) is 7.07. The van der Waals surface area contributed by atoms with Crippen molar-refractivity contribution < 1.29 is 8.78 Å². The van der Waals surface area contributed by atoms with Gasteiger partial charge in [0.2, 0.25) is 5.95 Å². The van der Waals surface area contributed by atoms with Crippen molar-refractivity contribution in [1.29, 1.82) is 0 Å². The summed E-state index contributed by atoms with van der Waals surface area (Å²) < 4.78 is 29.6. The second-order valence-electron chi connectivity index (χ2n) is 8.23. The Morgan fingerprint density at radius 3 is 2.85 bits per heavy atom. The average molecular weight is 469 g/mol. The van der Waals surface area contributed by atoms with Crippen molar-refractivity contribution in [2.45, 2.75) is 25.9 Å². The molecule has 1 aliphatic rings. The van der Waals surface area contributed by atoms with E-state index in [-0.39, 0.29) is 12.1 Å². The molecule has 4 aromatic rings. The molecule has 170 valence electrons. The van der Waals surface area contributed by atoms with E-state index >= 15 is 0 Å². The molecule has 33 heavy (non-hydrogen) atoms. The lowest BCUT2D eigenvalue weighted by molar-refractivity contribution is 0.341. The fourth-order valence-corrected chi connectivity index (χ4v) is 4.44.